The van der Waals surface area contributed by atoms with Gasteiger partial charge in [0, 0.05) is 36.9 Å². The zero-order chi connectivity index (χ0) is 29.3. The first-order chi connectivity index (χ1) is 20.0. The van der Waals surface area contributed by atoms with Gasteiger partial charge in [0.25, 0.3) is 0 Å². The van der Waals surface area contributed by atoms with Gasteiger partial charge >= 0.3 is 12.4 Å². The van der Waals surface area contributed by atoms with Gasteiger partial charge in [0.2, 0.25) is 0 Å². The summed E-state index contributed by atoms with van der Waals surface area (Å²) in [7, 11) is 0. The van der Waals surface area contributed by atoms with Gasteiger partial charge in [-0.2, -0.15) is 26.3 Å². The molecule has 4 aromatic rings. The largest absolute Gasteiger partial charge is 0.416 e. The number of aromatic nitrogens is 1. The molecule has 2 nitrogen and oxygen atoms in total. The fraction of sp³-hybridized carbons (Fsp3) is 0.324. The Kier molecular flexibility index (Phi) is 6.11. The van der Waals surface area contributed by atoms with Crippen molar-refractivity contribution in [3.63, 3.8) is 0 Å². The molecule has 1 saturated heterocycles. The number of pyridine rings is 1. The van der Waals surface area contributed by atoms with Crippen LogP contribution in [-0.4, -0.2) is 16.4 Å². The highest BCUT2D eigenvalue weighted by Gasteiger charge is 2.77. The first-order valence-corrected chi connectivity index (χ1v) is 14.0. The lowest BCUT2D eigenvalue weighted by Gasteiger charge is -2.53. The van der Waals surface area contributed by atoms with Crippen LogP contribution in [-0.2, 0) is 24.3 Å². The van der Waals surface area contributed by atoms with E-state index >= 15 is 0 Å². The molecule has 2 bridgehead atoms. The number of rotatable bonds is 5. The molecule has 1 aliphatic heterocycles. The number of likely N-dealkylation sites (tertiary alicyclic amines) is 1. The van der Waals surface area contributed by atoms with E-state index < -0.39 is 23.5 Å². The Morgan fingerprint density at radius 3 is 1.90 bits per heavy atom. The molecular weight excluding hydrogens is 550 g/mol. The molecule has 3 aliphatic carbocycles. The van der Waals surface area contributed by atoms with E-state index in [9.17, 15) is 26.3 Å². The van der Waals surface area contributed by atoms with Crippen LogP contribution >= 0.6 is 0 Å². The molecule has 42 heavy (non-hydrogen) atoms. The summed E-state index contributed by atoms with van der Waals surface area (Å²) in [6.07, 6.45) is -3.46. The van der Waals surface area contributed by atoms with E-state index in [2.05, 4.69) is 28.1 Å². The van der Waals surface area contributed by atoms with Crippen LogP contribution in [0.4, 0.5) is 26.3 Å². The molecule has 0 N–H and O–H groups in total. The van der Waals surface area contributed by atoms with E-state index in [0.717, 1.165) is 47.2 Å². The molecule has 3 saturated carbocycles. The average molecular weight is 579 g/mol. The van der Waals surface area contributed by atoms with Gasteiger partial charge in [0.15, 0.2) is 0 Å². The molecule has 1 spiro atoms. The van der Waals surface area contributed by atoms with Crippen LogP contribution in [0.2, 0.25) is 0 Å². The summed E-state index contributed by atoms with van der Waals surface area (Å²) < 4.78 is 80.0. The molecule has 1 aromatic heterocycles. The second-order valence-corrected chi connectivity index (χ2v) is 12.1. The van der Waals surface area contributed by atoms with Crippen LogP contribution in [0.3, 0.4) is 0 Å². The molecule has 3 atom stereocenters. The summed E-state index contributed by atoms with van der Waals surface area (Å²) >= 11 is 0. The second-order valence-electron chi connectivity index (χ2n) is 12.1. The third kappa shape index (κ3) is 4.17. The van der Waals surface area contributed by atoms with Gasteiger partial charge < -0.3 is 0 Å². The number of hydrogen-bond acceptors (Lipinski definition) is 2. The molecule has 8 rings (SSSR count). The molecule has 8 heteroatoms. The third-order valence-electron chi connectivity index (χ3n) is 9.98. The van der Waals surface area contributed by atoms with Crippen molar-refractivity contribution < 1.29 is 26.3 Å². The third-order valence-corrected chi connectivity index (χ3v) is 9.98. The Bertz CT molecular complexity index is 1560. The molecule has 216 valence electrons. The topological polar surface area (TPSA) is 16.1 Å². The van der Waals surface area contributed by atoms with Crippen LogP contribution in [0.15, 0.2) is 103 Å². The Labute approximate surface area is 240 Å². The Balaban J connectivity index is 1.30. The van der Waals surface area contributed by atoms with Gasteiger partial charge in [-0.1, -0.05) is 60.7 Å². The van der Waals surface area contributed by atoms with Crippen LogP contribution < -0.4 is 0 Å². The summed E-state index contributed by atoms with van der Waals surface area (Å²) in [5.41, 5.74) is 2.23. The van der Waals surface area contributed by atoms with Gasteiger partial charge in [-0.15, -0.1) is 0 Å². The van der Waals surface area contributed by atoms with Crippen molar-refractivity contribution in [2.45, 2.75) is 49.1 Å². The second kappa shape index (κ2) is 9.43. The molecule has 0 amide bonds. The van der Waals surface area contributed by atoms with E-state index in [4.69, 9.17) is 0 Å². The average Bonchev–Trinajstić information content (AvgIpc) is 3.52. The molecule has 2 heterocycles. The van der Waals surface area contributed by atoms with Crippen LogP contribution in [0, 0.1) is 11.3 Å². The number of hydrogen-bond donors (Lipinski definition) is 0. The molecule has 3 aromatic carbocycles. The van der Waals surface area contributed by atoms with Crippen LogP contribution in [0.1, 0.15) is 58.2 Å². The lowest BCUT2D eigenvalue weighted by molar-refractivity contribution is -0.138. The van der Waals surface area contributed by atoms with Gasteiger partial charge in [0.1, 0.15) is 0 Å². The van der Waals surface area contributed by atoms with Crippen molar-refractivity contribution in [2.24, 2.45) is 11.3 Å². The quantitative estimate of drug-likeness (QED) is 0.220. The van der Waals surface area contributed by atoms with Gasteiger partial charge in [-0.05, 0) is 82.7 Å². The summed E-state index contributed by atoms with van der Waals surface area (Å²) in [6, 6.07) is 25.2. The van der Waals surface area contributed by atoms with Crippen molar-refractivity contribution in [1.29, 1.82) is 0 Å². The smallest absolute Gasteiger partial charge is 0.291 e. The Hall–Kier alpha value is -3.65. The van der Waals surface area contributed by atoms with Crippen molar-refractivity contribution in [1.82, 2.24) is 9.88 Å². The lowest BCUT2D eigenvalue weighted by atomic mass is 9.53. The zero-order valence-electron chi connectivity index (χ0n) is 22.5. The predicted octanol–water partition coefficient (Wildman–Crippen LogP) is 8.81. The van der Waals surface area contributed by atoms with Crippen molar-refractivity contribution in [2.75, 3.05) is 6.54 Å². The first kappa shape index (κ1) is 27.2. The molecule has 0 radical (unpaired) electrons. The fourth-order valence-electron chi connectivity index (χ4n) is 8.57. The van der Waals surface area contributed by atoms with Gasteiger partial charge in [0.05, 0.1) is 11.1 Å². The SMILES string of the molecule is FC(F)(F)c1ccc(CN2C[C@@H]3C(c4ccc(C(F)(F)F)cc4)C4(c5cccnc5)CC3(C4)[C@H]2c2ccccc2)cc1. The van der Waals surface area contributed by atoms with Crippen molar-refractivity contribution in [3.8, 4) is 0 Å². The maximum absolute atomic E-state index is 13.4. The number of nitrogens with zero attached hydrogens (tertiary/aromatic N) is 2. The molecule has 4 fully saturated rings. The van der Waals surface area contributed by atoms with E-state index in [-0.39, 0.29) is 28.7 Å². The van der Waals surface area contributed by atoms with Gasteiger partial charge in [-0.3, -0.25) is 9.88 Å². The monoisotopic (exact) mass is 578 g/mol. The number of alkyl halides is 6. The minimum atomic E-state index is -4.41. The van der Waals surface area contributed by atoms with E-state index in [1.54, 1.807) is 30.5 Å². The standard InChI is InChI=1S/C34H28F6N2/c35-33(36,37)25-12-8-22(9-13-25)18-42-19-28-29(23-10-14-26(15-11-23)34(38,39)40)31(27-7-4-16-41-17-27)20-32(28,21-31)30(42)24-5-2-1-3-6-24/h1-17,28-30H,18-21H2/t28-,29?,30-,31?,32?/m1/s1. The van der Waals surface area contributed by atoms with Crippen molar-refractivity contribution >= 4 is 0 Å². The highest BCUT2D eigenvalue weighted by molar-refractivity contribution is 5.48. The summed E-state index contributed by atoms with van der Waals surface area (Å²) in [4.78, 5) is 6.77. The maximum atomic E-state index is 13.4. The van der Waals surface area contributed by atoms with E-state index in [1.807, 2.05) is 30.5 Å². The zero-order valence-corrected chi connectivity index (χ0v) is 22.5. The summed E-state index contributed by atoms with van der Waals surface area (Å²) in [6.45, 7) is 1.17. The molecular formula is C34H28F6N2. The minimum absolute atomic E-state index is 0.0206. The van der Waals surface area contributed by atoms with E-state index in [0.29, 0.717) is 13.1 Å². The highest BCUT2D eigenvalue weighted by Crippen LogP contribution is 2.82. The molecule has 1 unspecified atom stereocenters. The van der Waals surface area contributed by atoms with E-state index in [1.165, 1.54) is 12.1 Å². The normalized spacial score (nSPS) is 28.9. The first-order valence-electron chi connectivity index (χ1n) is 14.0. The fourth-order valence-corrected chi connectivity index (χ4v) is 8.57. The van der Waals surface area contributed by atoms with Crippen molar-refractivity contribution in [3.05, 3.63) is 137 Å². The van der Waals surface area contributed by atoms with Crippen LogP contribution in [0.5, 0.6) is 0 Å². The highest BCUT2D eigenvalue weighted by atomic mass is 19.4. The van der Waals surface area contributed by atoms with Crippen LogP contribution in [0.25, 0.3) is 0 Å². The summed E-state index contributed by atoms with van der Waals surface area (Å²) in [5, 5.41) is 0. The minimum Gasteiger partial charge on any atom is -0.291 e. The van der Waals surface area contributed by atoms with Gasteiger partial charge in [-0.25, -0.2) is 0 Å². The Morgan fingerprint density at radius 1 is 0.714 bits per heavy atom. The maximum Gasteiger partial charge on any atom is 0.416 e. The Morgan fingerprint density at radius 2 is 1.33 bits per heavy atom. The number of halogens is 6. The summed E-state index contributed by atoms with van der Waals surface area (Å²) in [5.74, 6) is 0.127. The number of benzene rings is 3. The predicted molar refractivity (Wildman–Crippen MR) is 146 cm³/mol. The lowest BCUT2D eigenvalue weighted by Crippen LogP contribution is -2.47. The molecule has 4 aliphatic rings.